The normalized spacial score (nSPS) is 11.4. The highest BCUT2D eigenvalue weighted by Crippen LogP contribution is 2.35. The van der Waals surface area contributed by atoms with Crippen molar-refractivity contribution >= 4 is 32.5 Å². The Hall–Kier alpha value is -0.960. The van der Waals surface area contributed by atoms with E-state index in [-0.39, 0.29) is 0 Å². The number of aromatic nitrogens is 1. The first kappa shape index (κ1) is 9.59. The molecule has 0 unspecified atom stereocenters. The maximum Gasteiger partial charge on any atom is 0.0488 e. The molecule has 2 nitrogen and oxygen atoms in total. The predicted octanol–water partition coefficient (Wildman–Crippen LogP) is 3.64. The first-order valence-electron chi connectivity index (χ1n) is 4.67. The van der Waals surface area contributed by atoms with Gasteiger partial charge in [0.1, 0.15) is 0 Å². The minimum absolute atomic E-state index is 0.469. The van der Waals surface area contributed by atoms with Crippen molar-refractivity contribution in [3.8, 4) is 0 Å². The standard InChI is InChI=1S/C11H13BrN2/c1-6(2)11-10(12)9-7(13)4-3-5-8(9)14-11/h3-6,14H,13H2,1-2H3. The van der Waals surface area contributed by atoms with Gasteiger partial charge in [0.15, 0.2) is 0 Å². The summed E-state index contributed by atoms with van der Waals surface area (Å²) in [6.45, 7) is 4.32. The summed E-state index contributed by atoms with van der Waals surface area (Å²) in [4.78, 5) is 3.38. The highest BCUT2D eigenvalue weighted by molar-refractivity contribution is 9.10. The average molecular weight is 253 g/mol. The molecule has 1 heterocycles. The van der Waals surface area contributed by atoms with Crippen molar-refractivity contribution in [1.82, 2.24) is 4.98 Å². The zero-order valence-electron chi connectivity index (χ0n) is 8.26. The van der Waals surface area contributed by atoms with E-state index in [2.05, 4.69) is 34.8 Å². The van der Waals surface area contributed by atoms with E-state index in [1.54, 1.807) is 0 Å². The van der Waals surface area contributed by atoms with Crippen molar-refractivity contribution in [1.29, 1.82) is 0 Å². The Morgan fingerprint density at radius 2 is 2.07 bits per heavy atom. The topological polar surface area (TPSA) is 41.8 Å². The van der Waals surface area contributed by atoms with E-state index >= 15 is 0 Å². The van der Waals surface area contributed by atoms with Crippen LogP contribution in [0.5, 0.6) is 0 Å². The molecule has 74 valence electrons. The molecule has 3 N–H and O–H groups in total. The van der Waals surface area contributed by atoms with Crippen LogP contribution in [0.15, 0.2) is 22.7 Å². The average Bonchev–Trinajstić information content (AvgIpc) is 2.45. The van der Waals surface area contributed by atoms with Gasteiger partial charge in [0.05, 0.1) is 0 Å². The number of nitrogens with one attached hydrogen (secondary N) is 1. The Balaban J connectivity index is 2.81. The summed E-state index contributed by atoms with van der Waals surface area (Å²) < 4.78 is 1.10. The van der Waals surface area contributed by atoms with Crippen LogP contribution < -0.4 is 5.73 Å². The van der Waals surface area contributed by atoms with Crippen molar-refractivity contribution in [2.24, 2.45) is 0 Å². The summed E-state index contributed by atoms with van der Waals surface area (Å²) in [5.41, 5.74) is 9.04. The van der Waals surface area contributed by atoms with Gasteiger partial charge in [-0.1, -0.05) is 19.9 Å². The Labute approximate surface area is 91.6 Å². The zero-order valence-corrected chi connectivity index (χ0v) is 9.85. The molecular weight excluding hydrogens is 240 g/mol. The van der Waals surface area contributed by atoms with Gasteiger partial charge in [-0.2, -0.15) is 0 Å². The molecular formula is C11H13BrN2. The quantitative estimate of drug-likeness (QED) is 0.748. The summed E-state index contributed by atoms with van der Waals surface area (Å²) in [6.07, 6.45) is 0. The molecule has 14 heavy (non-hydrogen) atoms. The monoisotopic (exact) mass is 252 g/mol. The Kier molecular flexibility index (Phi) is 2.27. The first-order valence-corrected chi connectivity index (χ1v) is 5.46. The lowest BCUT2D eigenvalue weighted by Crippen LogP contribution is -1.87. The van der Waals surface area contributed by atoms with Crippen LogP contribution in [-0.2, 0) is 0 Å². The number of rotatable bonds is 1. The minimum atomic E-state index is 0.469. The lowest BCUT2D eigenvalue weighted by molar-refractivity contribution is 0.831. The van der Waals surface area contributed by atoms with Crippen molar-refractivity contribution in [3.05, 3.63) is 28.4 Å². The number of aromatic amines is 1. The maximum atomic E-state index is 5.92. The number of hydrogen-bond acceptors (Lipinski definition) is 1. The number of fused-ring (bicyclic) bond motifs is 1. The Morgan fingerprint density at radius 1 is 1.36 bits per heavy atom. The van der Waals surface area contributed by atoms with Gasteiger partial charge >= 0.3 is 0 Å². The Morgan fingerprint density at radius 3 is 2.64 bits per heavy atom. The third-order valence-electron chi connectivity index (χ3n) is 2.40. The van der Waals surface area contributed by atoms with Gasteiger partial charge in [-0.15, -0.1) is 0 Å². The molecule has 0 aliphatic rings. The van der Waals surface area contributed by atoms with Gasteiger partial charge in [0, 0.05) is 26.8 Å². The van der Waals surface area contributed by atoms with E-state index in [0.717, 1.165) is 21.1 Å². The lowest BCUT2D eigenvalue weighted by Gasteiger charge is -2.01. The molecule has 1 aromatic carbocycles. The third kappa shape index (κ3) is 1.32. The van der Waals surface area contributed by atoms with Crippen molar-refractivity contribution in [2.75, 3.05) is 5.73 Å². The molecule has 0 atom stereocenters. The molecule has 2 aromatic rings. The van der Waals surface area contributed by atoms with Crippen LogP contribution in [0, 0.1) is 0 Å². The summed E-state index contributed by atoms with van der Waals surface area (Å²) >= 11 is 3.59. The number of benzene rings is 1. The van der Waals surface area contributed by atoms with E-state index < -0.39 is 0 Å². The van der Waals surface area contributed by atoms with Crippen molar-refractivity contribution in [3.63, 3.8) is 0 Å². The third-order valence-corrected chi connectivity index (χ3v) is 3.22. The van der Waals surface area contributed by atoms with Gasteiger partial charge in [0.2, 0.25) is 0 Å². The second-order valence-corrected chi connectivity index (χ2v) is 4.57. The van der Waals surface area contributed by atoms with E-state index in [4.69, 9.17) is 5.73 Å². The number of nitrogen functional groups attached to an aromatic ring is 1. The fourth-order valence-electron chi connectivity index (χ4n) is 1.65. The van der Waals surface area contributed by atoms with E-state index in [0.29, 0.717) is 5.92 Å². The first-order chi connectivity index (χ1) is 6.61. The van der Waals surface area contributed by atoms with E-state index in [9.17, 15) is 0 Å². The molecule has 0 aliphatic heterocycles. The number of hydrogen-bond donors (Lipinski definition) is 2. The molecule has 0 saturated carbocycles. The van der Waals surface area contributed by atoms with Crippen LogP contribution in [0.4, 0.5) is 5.69 Å². The molecule has 0 amide bonds. The zero-order chi connectivity index (χ0) is 10.3. The van der Waals surface area contributed by atoms with Gasteiger partial charge in [-0.3, -0.25) is 0 Å². The lowest BCUT2D eigenvalue weighted by atomic mass is 10.1. The number of H-pyrrole nitrogens is 1. The number of anilines is 1. The van der Waals surface area contributed by atoms with Crippen LogP contribution in [0.1, 0.15) is 25.5 Å². The summed E-state index contributed by atoms with van der Waals surface area (Å²) in [5, 5.41) is 1.09. The van der Waals surface area contributed by atoms with Crippen LogP contribution in [0.25, 0.3) is 10.9 Å². The SMILES string of the molecule is CC(C)c1[nH]c2cccc(N)c2c1Br. The molecule has 3 heteroatoms. The van der Waals surface area contributed by atoms with Gasteiger partial charge in [-0.05, 0) is 34.0 Å². The van der Waals surface area contributed by atoms with Crippen LogP contribution in [0.2, 0.25) is 0 Å². The maximum absolute atomic E-state index is 5.92. The summed E-state index contributed by atoms with van der Waals surface area (Å²) in [6, 6.07) is 5.93. The van der Waals surface area contributed by atoms with E-state index in [1.165, 1.54) is 5.69 Å². The van der Waals surface area contributed by atoms with Gasteiger partial charge in [0.25, 0.3) is 0 Å². The summed E-state index contributed by atoms with van der Waals surface area (Å²) in [5.74, 6) is 0.469. The van der Waals surface area contributed by atoms with Crippen LogP contribution in [-0.4, -0.2) is 4.98 Å². The molecule has 0 aliphatic carbocycles. The second-order valence-electron chi connectivity index (χ2n) is 3.78. The largest absolute Gasteiger partial charge is 0.398 e. The number of nitrogens with two attached hydrogens (primary N) is 1. The second kappa shape index (κ2) is 3.31. The molecule has 0 fully saturated rings. The minimum Gasteiger partial charge on any atom is -0.398 e. The summed E-state index contributed by atoms with van der Waals surface area (Å²) in [7, 11) is 0. The van der Waals surface area contributed by atoms with Gasteiger partial charge < -0.3 is 10.7 Å². The highest BCUT2D eigenvalue weighted by Gasteiger charge is 2.13. The highest BCUT2D eigenvalue weighted by atomic mass is 79.9. The molecule has 2 rings (SSSR count). The fourth-order valence-corrected chi connectivity index (χ4v) is 2.65. The van der Waals surface area contributed by atoms with Crippen molar-refractivity contribution in [2.45, 2.75) is 19.8 Å². The van der Waals surface area contributed by atoms with Crippen molar-refractivity contribution < 1.29 is 0 Å². The van der Waals surface area contributed by atoms with E-state index in [1.807, 2.05) is 18.2 Å². The van der Waals surface area contributed by atoms with Gasteiger partial charge in [-0.25, -0.2) is 0 Å². The van der Waals surface area contributed by atoms with Crippen LogP contribution in [0.3, 0.4) is 0 Å². The molecule has 0 radical (unpaired) electrons. The predicted molar refractivity (Wildman–Crippen MR) is 64.5 cm³/mol. The molecule has 0 saturated heterocycles. The van der Waals surface area contributed by atoms with Crippen LogP contribution >= 0.6 is 15.9 Å². The Bertz CT molecular complexity index is 471. The molecule has 0 bridgehead atoms. The smallest absolute Gasteiger partial charge is 0.0488 e. The molecule has 1 aromatic heterocycles. The molecule has 0 spiro atoms. The number of halogens is 1. The fraction of sp³-hybridized carbons (Fsp3) is 0.273.